The molecule has 84 valence electrons. The Morgan fingerprint density at radius 1 is 1.56 bits per heavy atom. The highest BCUT2D eigenvalue weighted by Crippen LogP contribution is 2.19. The molecule has 1 aromatic heterocycles. The van der Waals surface area contributed by atoms with E-state index >= 15 is 0 Å². The summed E-state index contributed by atoms with van der Waals surface area (Å²) in [4.78, 5) is 28.0. The van der Waals surface area contributed by atoms with E-state index in [-0.39, 0.29) is 18.4 Å². The van der Waals surface area contributed by atoms with Gasteiger partial charge in [0.1, 0.15) is 6.04 Å². The zero-order chi connectivity index (χ0) is 11.5. The molecule has 1 saturated heterocycles. The molecular formula is C11H12N2O3. The second-order valence-corrected chi connectivity index (χ2v) is 3.64. The number of hydrogen-bond acceptors (Lipinski definition) is 4. The first kappa shape index (κ1) is 10.6. The molecular weight excluding hydrogens is 208 g/mol. The van der Waals surface area contributed by atoms with Crippen LogP contribution in [0.2, 0.25) is 0 Å². The molecule has 2 heterocycles. The monoisotopic (exact) mass is 220 g/mol. The number of nitrogens with zero attached hydrogens (tertiary/aromatic N) is 2. The summed E-state index contributed by atoms with van der Waals surface area (Å²) in [5.41, 5.74) is 0.988. The van der Waals surface area contributed by atoms with E-state index in [1.807, 2.05) is 12.1 Å². The topological polar surface area (TPSA) is 59.5 Å². The van der Waals surface area contributed by atoms with Crippen molar-refractivity contribution in [3.63, 3.8) is 0 Å². The molecule has 0 aliphatic carbocycles. The van der Waals surface area contributed by atoms with Crippen molar-refractivity contribution in [2.45, 2.75) is 12.5 Å². The van der Waals surface area contributed by atoms with Crippen LogP contribution in [0.4, 0.5) is 4.79 Å². The summed E-state index contributed by atoms with van der Waals surface area (Å²) < 4.78 is 4.59. The fraction of sp³-hybridized carbons (Fsp3) is 0.364. The average Bonchev–Trinajstić information content (AvgIpc) is 2.33. The predicted octanol–water partition coefficient (Wildman–Crippen LogP) is 0.644. The number of pyridine rings is 1. The third kappa shape index (κ3) is 1.88. The second-order valence-electron chi connectivity index (χ2n) is 3.64. The van der Waals surface area contributed by atoms with Gasteiger partial charge in [-0.2, -0.15) is 0 Å². The summed E-state index contributed by atoms with van der Waals surface area (Å²) in [6, 6.07) is 3.29. The van der Waals surface area contributed by atoms with E-state index in [1.54, 1.807) is 12.4 Å². The molecule has 1 fully saturated rings. The van der Waals surface area contributed by atoms with E-state index in [2.05, 4.69) is 9.72 Å². The molecule has 1 aliphatic heterocycles. The SMILES string of the molecule is COC(=O)N1CC(=O)[C@@H]1Cc1ccncc1. The van der Waals surface area contributed by atoms with Gasteiger partial charge in [0.15, 0.2) is 5.78 Å². The van der Waals surface area contributed by atoms with Crippen molar-refractivity contribution in [2.24, 2.45) is 0 Å². The zero-order valence-corrected chi connectivity index (χ0v) is 8.92. The average molecular weight is 220 g/mol. The van der Waals surface area contributed by atoms with Gasteiger partial charge in [-0.15, -0.1) is 0 Å². The van der Waals surface area contributed by atoms with Gasteiger partial charge >= 0.3 is 6.09 Å². The molecule has 16 heavy (non-hydrogen) atoms. The molecule has 1 amide bonds. The molecule has 0 unspecified atom stereocenters. The summed E-state index contributed by atoms with van der Waals surface area (Å²) >= 11 is 0. The summed E-state index contributed by atoms with van der Waals surface area (Å²) in [5, 5.41) is 0. The molecule has 1 aromatic rings. The highest BCUT2D eigenvalue weighted by Gasteiger charge is 2.41. The van der Waals surface area contributed by atoms with Gasteiger partial charge in [-0.3, -0.25) is 14.7 Å². The van der Waals surface area contributed by atoms with Crippen molar-refractivity contribution in [1.82, 2.24) is 9.88 Å². The molecule has 0 aromatic carbocycles. The number of aromatic nitrogens is 1. The number of methoxy groups -OCH3 is 1. The number of ether oxygens (including phenoxy) is 1. The first-order chi connectivity index (χ1) is 7.72. The Bertz CT molecular complexity index is 405. The Morgan fingerprint density at radius 3 is 2.81 bits per heavy atom. The van der Waals surface area contributed by atoms with Crippen molar-refractivity contribution in [3.8, 4) is 0 Å². The number of likely N-dealkylation sites (tertiary alicyclic amines) is 1. The van der Waals surface area contributed by atoms with E-state index in [9.17, 15) is 9.59 Å². The van der Waals surface area contributed by atoms with Crippen molar-refractivity contribution < 1.29 is 14.3 Å². The summed E-state index contributed by atoms with van der Waals surface area (Å²) in [5.74, 6) is 0.0715. The number of amides is 1. The van der Waals surface area contributed by atoms with E-state index in [0.29, 0.717) is 6.42 Å². The van der Waals surface area contributed by atoms with Crippen LogP contribution in [0, 0.1) is 0 Å². The molecule has 0 bridgehead atoms. The maximum absolute atomic E-state index is 11.4. The van der Waals surface area contributed by atoms with Crippen LogP contribution in [0.15, 0.2) is 24.5 Å². The Morgan fingerprint density at radius 2 is 2.25 bits per heavy atom. The molecule has 1 aliphatic rings. The van der Waals surface area contributed by atoms with Gasteiger partial charge in [-0.05, 0) is 17.7 Å². The Labute approximate surface area is 93.0 Å². The summed E-state index contributed by atoms with van der Waals surface area (Å²) in [6.45, 7) is 0.155. The van der Waals surface area contributed by atoms with Gasteiger partial charge in [0, 0.05) is 18.8 Å². The molecule has 0 spiro atoms. The van der Waals surface area contributed by atoms with E-state index in [0.717, 1.165) is 5.56 Å². The van der Waals surface area contributed by atoms with Crippen LogP contribution in [0.5, 0.6) is 0 Å². The summed E-state index contributed by atoms with van der Waals surface area (Å²) in [6.07, 6.45) is 3.41. The standard InChI is InChI=1S/C11H12N2O3/c1-16-11(15)13-7-10(14)9(13)6-8-2-4-12-5-3-8/h2-5,9H,6-7H2,1H3/t9-/m0/s1. The number of Topliss-reactive ketones (excluding diaryl/α,β-unsaturated/α-hetero) is 1. The lowest BCUT2D eigenvalue weighted by molar-refractivity contribution is -0.134. The van der Waals surface area contributed by atoms with E-state index < -0.39 is 6.09 Å². The number of hydrogen-bond donors (Lipinski definition) is 0. The van der Waals surface area contributed by atoms with Crippen LogP contribution in [0.25, 0.3) is 0 Å². The minimum Gasteiger partial charge on any atom is -0.453 e. The van der Waals surface area contributed by atoms with Gasteiger partial charge < -0.3 is 4.74 Å². The third-order valence-electron chi connectivity index (χ3n) is 2.66. The lowest BCUT2D eigenvalue weighted by Gasteiger charge is -2.37. The van der Waals surface area contributed by atoms with Crippen LogP contribution in [0.3, 0.4) is 0 Å². The first-order valence-corrected chi connectivity index (χ1v) is 4.98. The highest BCUT2D eigenvalue weighted by atomic mass is 16.5. The second kappa shape index (κ2) is 4.30. The number of carbonyl (C=O) groups excluding carboxylic acids is 2. The van der Waals surface area contributed by atoms with Crippen LogP contribution in [-0.4, -0.2) is 41.5 Å². The van der Waals surface area contributed by atoms with E-state index in [4.69, 9.17) is 0 Å². The minimum atomic E-state index is -0.446. The number of rotatable bonds is 2. The molecule has 1 atom stereocenters. The van der Waals surface area contributed by atoms with Crippen LogP contribution in [0.1, 0.15) is 5.56 Å². The predicted molar refractivity (Wildman–Crippen MR) is 55.8 cm³/mol. The van der Waals surface area contributed by atoms with Crippen molar-refractivity contribution in [3.05, 3.63) is 30.1 Å². The molecule has 5 heteroatoms. The maximum atomic E-state index is 11.4. The van der Waals surface area contributed by atoms with Gasteiger partial charge in [-0.25, -0.2) is 4.79 Å². The van der Waals surface area contributed by atoms with Crippen LogP contribution >= 0.6 is 0 Å². The zero-order valence-electron chi connectivity index (χ0n) is 8.92. The molecule has 0 radical (unpaired) electrons. The van der Waals surface area contributed by atoms with Gasteiger partial charge in [0.05, 0.1) is 13.7 Å². The maximum Gasteiger partial charge on any atom is 0.410 e. The van der Waals surface area contributed by atoms with Crippen LogP contribution in [-0.2, 0) is 16.0 Å². The smallest absolute Gasteiger partial charge is 0.410 e. The Balaban J connectivity index is 2.04. The fourth-order valence-electron chi connectivity index (χ4n) is 1.72. The lowest BCUT2D eigenvalue weighted by Crippen LogP contribution is -2.60. The number of ketones is 1. The van der Waals surface area contributed by atoms with Gasteiger partial charge in [-0.1, -0.05) is 0 Å². The Hall–Kier alpha value is -1.91. The fourth-order valence-corrected chi connectivity index (χ4v) is 1.72. The largest absolute Gasteiger partial charge is 0.453 e. The molecule has 0 saturated carbocycles. The molecule has 5 nitrogen and oxygen atoms in total. The first-order valence-electron chi connectivity index (χ1n) is 4.98. The normalized spacial score (nSPS) is 19.2. The van der Waals surface area contributed by atoms with Crippen LogP contribution < -0.4 is 0 Å². The summed E-state index contributed by atoms with van der Waals surface area (Å²) in [7, 11) is 1.31. The van der Waals surface area contributed by atoms with Crippen molar-refractivity contribution in [2.75, 3.05) is 13.7 Å². The highest BCUT2D eigenvalue weighted by molar-refractivity contribution is 5.97. The molecule has 0 N–H and O–H groups in total. The van der Waals surface area contributed by atoms with Crippen molar-refractivity contribution in [1.29, 1.82) is 0 Å². The van der Waals surface area contributed by atoms with Gasteiger partial charge in [0.2, 0.25) is 0 Å². The third-order valence-corrected chi connectivity index (χ3v) is 2.66. The molecule has 2 rings (SSSR count). The number of carbonyl (C=O) groups is 2. The van der Waals surface area contributed by atoms with Crippen molar-refractivity contribution >= 4 is 11.9 Å². The quantitative estimate of drug-likeness (QED) is 0.734. The minimum absolute atomic E-state index is 0.0715. The lowest BCUT2D eigenvalue weighted by atomic mass is 9.95. The Kier molecular flexibility index (Phi) is 2.85. The van der Waals surface area contributed by atoms with Gasteiger partial charge in [0.25, 0.3) is 0 Å². The van der Waals surface area contributed by atoms with E-state index in [1.165, 1.54) is 12.0 Å².